The molecule has 1 fully saturated rings. The average molecular weight is 517 g/mol. The standard InChI is InChI=1S/C27H36N2O8/c1-6-15-35-26(33)36-20-14-10-11-18(16-20)17-21(24(31)34-5)28-23(30)22(19-12-8-7-9-13-19)29-25(32)37-27(2,3)4/h6,10-11,14,16-17,19,22H,1,7-9,12-13,15H2,2-5H3,(H,28,30)(H,29,32)/b21-17+. The Hall–Kier alpha value is -3.82. The highest BCUT2D eigenvalue weighted by molar-refractivity contribution is 5.99. The maximum Gasteiger partial charge on any atom is 0.514 e. The number of carbonyl (C=O) groups excluding carboxylic acids is 4. The molecule has 0 saturated heterocycles. The smallest absolute Gasteiger partial charge is 0.464 e. The number of rotatable bonds is 9. The minimum absolute atomic E-state index is 0.00353. The van der Waals surface area contributed by atoms with Crippen molar-refractivity contribution in [2.24, 2.45) is 5.92 Å². The van der Waals surface area contributed by atoms with Crippen molar-refractivity contribution in [1.82, 2.24) is 10.6 Å². The number of hydrogen-bond acceptors (Lipinski definition) is 8. The van der Waals surface area contributed by atoms with Gasteiger partial charge in [-0.2, -0.15) is 0 Å². The number of benzene rings is 1. The summed E-state index contributed by atoms with van der Waals surface area (Å²) in [6.07, 6.45) is 5.61. The molecule has 1 unspecified atom stereocenters. The summed E-state index contributed by atoms with van der Waals surface area (Å²) in [4.78, 5) is 50.1. The maximum absolute atomic E-state index is 13.4. The van der Waals surface area contributed by atoms with E-state index in [1.54, 1.807) is 32.9 Å². The normalized spacial score (nSPS) is 15.1. The van der Waals surface area contributed by atoms with E-state index in [9.17, 15) is 19.2 Å². The van der Waals surface area contributed by atoms with Crippen molar-refractivity contribution in [2.75, 3.05) is 13.7 Å². The summed E-state index contributed by atoms with van der Waals surface area (Å²) < 4.78 is 20.1. The van der Waals surface area contributed by atoms with Crippen molar-refractivity contribution in [2.45, 2.75) is 64.5 Å². The molecule has 37 heavy (non-hydrogen) atoms. The number of methoxy groups -OCH3 is 1. The van der Waals surface area contributed by atoms with Gasteiger partial charge < -0.3 is 29.6 Å². The van der Waals surface area contributed by atoms with Crippen molar-refractivity contribution in [1.29, 1.82) is 0 Å². The summed E-state index contributed by atoms with van der Waals surface area (Å²) in [6.45, 7) is 8.66. The van der Waals surface area contributed by atoms with Crippen LogP contribution in [0.25, 0.3) is 6.08 Å². The lowest BCUT2D eigenvalue weighted by atomic mass is 9.83. The molecule has 2 amide bonds. The lowest BCUT2D eigenvalue weighted by Gasteiger charge is -2.31. The minimum atomic E-state index is -0.911. The van der Waals surface area contributed by atoms with Crippen molar-refractivity contribution >= 4 is 30.2 Å². The second-order valence-corrected chi connectivity index (χ2v) is 9.59. The third-order valence-corrected chi connectivity index (χ3v) is 5.43. The van der Waals surface area contributed by atoms with Crippen LogP contribution in [-0.2, 0) is 23.8 Å². The van der Waals surface area contributed by atoms with Crippen molar-refractivity contribution in [3.05, 3.63) is 48.2 Å². The molecule has 1 aromatic rings. The van der Waals surface area contributed by atoms with Crippen LogP contribution in [0, 0.1) is 5.92 Å². The summed E-state index contributed by atoms with van der Waals surface area (Å²) in [5.41, 5.74) is -0.435. The average Bonchev–Trinajstić information content (AvgIpc) is 2.84. The molecule has 202 valence electrons. The molecule has 1 saturated carbocycles. The van der Waals surface area contributed by atoms with E-state index in [1.807, 2.05) is 0 Å². The second-order valence-electron chi connectivity index (χ2n) is 9.59. The molecule has 0 aliphatic heterocycles. The van der Waals surface area contributed by atoms with Crippen LogP contribution in [0.1, 0.15) is 58.4 Å². The predicted molar refractivity (Wildman–Crippen MR) is 136 cm³/mol. The molecular weight excluding hydrogens is 480 g/mol. The van der Waals surface area contributed by atoms with E-state index in [2.05, 4.69) is 17.2 Å². The fourth-order valence-electron chi connectivity index (χ4n) is 3.85. The molecule has 0 aromatic heterocycles. The van der Waals surface area contributed by atoms with Crippen LogP contribution in [0.3, 0.4) is 0 Å². The van der Waals surface area contributed by atoms with E-state index in [0.717, 1.165) is 32.1 Å². The number of esters is 1. The molecule has 1 aliphatic carbocycles. The van der Waals surface area contributed by atoms with Gasteiger partial charge in [0.05, 0.1) is 7.11 Å². The number of ether oxygens (including phenoxy) is 4. The van der Waals surface area contributed by atoms with Gasteiger partial charge >= 0.3 is 18.2 Å². The van der Waals surface area contributed by atoms with Gasteiger partial charge in [-0.25, -0.2) is 14.4 Å². The molecule has 1 aromatic carbocycles. The number of alkyl carbamates (subject to hydrolysis) is 1. The third kappa shape index (κ3) is 10.4. The first-order valence-corrected chi connectivity index (χ1v) is 12.2. The summed E-state index contributed by atoms with van der Waals surface area (Å²) in [7, 11) is 1.19. The zero-order valence-electron chi connectivity index (χ0n) is 21.8. The lowest BCUT2D eigenvalue weighted by molar-refractivity contribution is -0.138. The SMILES string of the molecule is C=CCOC(=O)Oc1cccc(/C=C(/NC(=O)C(NC(=O)OC(C)(C)C)C2CCCCC2)C(=O)OC)c1. The molecule has 1 aliphatic rings. The summed E-state index contributed by atoms with van der Waals surface area (Å²) >= 11 is 0. The molecule has 1 atom stereocenters. The van der Waals surface area contributed by atoms with Crippen molar-refractivity contribution < 1.29 is 38.1 Å². The van der Waals surface area contributed by atoms with Gasteiger partial charge in [0, 0.05) is 0 Å². The Morgan fingerprint density at radius 3 is 2.46 bits per heavy atom. The lowest BCUT2D eigenvalue weighted by Crippen LogP contribution is -2.52. The van der Waals surface area contributed by atoms with Crippen LogP contribution in [0.5, 0.6) is 5.75 Å². The van der Waals surface area contributed by atoms with Crippen LogP contribution in [0.2, 0.25) is 0 Å². The summed E-state index contributed by atoms with van der Waals surface area (Å²) in [5, 5.41) is 5.29. The molecular formula is C27H36N2O8. The van der Waals surface area contributed by atoms with Crippen LogP contribution in [0.4, 0.5) is 9.59 Å². The Morgan fingerprint density at radius 1 is 1.14 bits per heavy atom. The monoisotopic (exact) mass is 516 g/mol. The first-order chi connectivity index (χ1) is 17.5. The van der Waals surface area contributed by atoms with Gasteiger partial charge in [-0.1, -0.05) is 44.1 Å². The first kappa shape index (κ1) is 29.4. The van der Waals surface area contributed by atoms with Gasteiger partial charge in [0.15, 0.2) is 0 Å². The van der Waals surface area contributed by atoms with Gasteiger partial charge in [0.2, 0.25) is 5.91 Å². The van der Waals surface area contributed by atoms with E-state index in [-0.39, 0.29) is 24.0 Å². The summed E-state index contributed by atoms with van der Waals surface area (Å²) in [6, 6.07) is 5.37. The predicted octanol–water partition coefficient (Wildman–Crippen LogP) is 4.49. The first-order valence-electron chi connectivity index (χ1n) is 12.2. The molecule has 10 heteroatoms. The van der Waals surface area contributed by atoms with Crippen molar-refractivity contribution in [3.8, 4) is 5.75 Å². The Kier molecular flexibility index (Phi) is 11.2. The highest BCUT2D eigenvalue weighted by atomic mass is 16.7. The van der Waals surface area contributed by atoms with E-state index in [1.165, 1.54) is 31.4 Å². The third-order valence-electron chi connectivity index (χ3n) is 5.43. The van der Waals surface area contributed by atoms with E-state index < -0.39 is 35.8 Å². The zero-order chi connectivity index (χ0) is 27.4. The molecule has 2 N–H and O–H groups in total. The number of nitrogens with one attached hydrogen (secondary N) is 2. The van der Waals surface area contributed by atoms with Crippen LogP contribution in [0.15, 0.2) is 42.6 Å². The van der Waals surface area contributed by atoms with Gasteiger partial charge in [-0.15, -0.1) is 0 Å². The van der Waals surface area contributed by atoms with E-state index >= 15 is 0 Å². The fraction of sp³-hybridized carbons (Fsp3) is 0.481. The van der Waals surface area contributed by atoms with E-state index in [0.29, 0.717) is 5.56 Å². The molecule has 2 rings (SSSR count). The molecule has 10 nitrogen and oxygen atoms in total. The van der Waals surface area contributed by atoms with Crippen LogP contribution >= 0.6 is 0 Å². The highest BCUT2D eigenvalue weighted by Gasteiger charge is 2.33. The van der Waals surface area contributed by atoms with Crippen LogP contribution < -0.4 is 15.4 Å². The highest BCUT2D eigenvalue weighted by Crippen LogP contribution is 2.27. The Morgan fingerprint density at radius 2 is 1.84 bits per heavy atom. The molecule has 0 heterocycles. The van der Waals surface area contributed by atoms with Crippen molar-refractivity contribution in [3.63, 3.8) is 0 Å². The Labute approximate surface area is 217 Å². The maximum atomic E-state index is 13.4. The Bertz CT molecular complexity index is 1010. The quantitative estimate of drug-likeness (QED) is 0.161. The fourth-order valence-corrected chi connectivity index (χ4v) is 3.85. The summed E-state index contributed by atoms with van der Waals surface area (Å²) in [5.74, 6) is -1.29. The van der Waals surface area contributed by atoms with Gasteiger partial charge in [0.25, 0.3) is 0 Å². The molecule has 0 radical (unpaired) electrons. The minimum Gasteiger partial charge on any atom is -0.464 e. The molecule has 0 spiro atoms. The van der Waals surface area contributed by atoms with Gasteiger partial charge in [0.1, 0.15) is 29.7 Å². The topological polar surface area (TPSA) is 129 Å². The zero-order valence-corrected chi connectivity index (χ0v) is 21.8. The van der Waals surface area contributed by atoms with Gasteiger partial charge in [-0.3, -0.25) is 4.79 Å². The van der Waals surface area contributed by atoms with Crippen LogP contribution in [-0.4, -0.2) is 49.5 Å². The number of amides is 2. The molecule has 0 bridgehead atoms. The number of hydrogen-bond donors (Lipinski definition) is 2. The van der Waals surface area contributed by atoms with E-state index in [4.69, 9.17) is 18.9 Å². The number of carbonyl (C=O) groups is 4. The largest absolute Gasteiger partial charge is 0.514 e. The Balaban J connectivity index is 2.26. The second kappa shape index (κ2) is 14.1. The van der Waals surface area contributed by atoms with Gasteiger partial charge in [-0.05, 0) is 63.3 Å².